The lowest BCUT2D eigenvalue weighted by Crippen LogP contribution is -2.16. The zero-order valence-corrected chi connectivity index (χ0v) is 15.3. The average Bonchev–Trinajstić information content (AvgIpc) is 2.41. The lowest BCUT2D eigenvalue weighted by molar-refractivity contribution is 0.350. The Kier molecular flexibility index (Phi) is 6.17. The molecule has 0 heterocycles. The zero-order chi connectivity index (χ0) is 16.1. The SMILES string of the molecule is CCCCOP(c1cc(C)cc(C)c1)c1cc(C)cc(C)c1. The van der Waals surface area contributed by atoms with E-state index in [9.17, 15) is 0 Å². The molecule has 0 unspecified atom stereocenters. The predicted molar refractivity (Wildman–Crippen MR) is 98.9 cm³/mol. The molecule has 0 radical (unpaired) electrons. The van der Waals surface area contributed by atoms with Crippen LogP contribution in [0, 0.1) is 27.7 Å². The first-order valence-corrected chi connectivity index (χ1v) is 9.35. The Balaban J connectivity index is 2.40. The highest BCUT2D eigenvalue weighted by molar-refractivity contribution is 7.68. The molecule has 0 aliphatic carbocycles. The second-order valence-electron chi connectivity index (χ2n) is 6.17. The van der Waals surface area contributed by atoms with E-state index in [0.717, 1.165) is 13.0 Å². The third-order valence-electron chi connectivity index (χ3n) is 3.60. The van der Waals surface area contributed by atoms with Crippen molar-refractivity contribution in [3.63, 3.8) is 0 Å². The van der Waals surface area contributed by atoms with Crippen molar-refractivity contribution in [2.24, 2.45) is 0 Å². The second-order valence-corrected chi connectivity index (χ2v) is 8.05. The molecule has 0 saturated carbocycles. The van der Waals surface area contributed by atoms with E-state index in [1.54, 1.807) is 0 Å². The van der Waals surface area contributed by atoms with E-state index >= 15 is 0 Å². The summed E-state index contributed by atoms with van der Waals surface area (Å²) in [5.74, 6) is 0. The van der Waals surface area contributed by atoms with Crippen LogP contribution in [0.25, 0.3) is 0 Å². The first kappa shape index (κ1) is 17.2. The van der Waals surface area contributed by atoms with Crippen LogP contribution in [0.15, 0.2) is 36.4 Å². The van der Waals surface area contributed by atoms with Crippen LogP contribution in [0.3, 0.4) is 0 Å². The first-order chi connectivity index (χ1) is 10.5. The number of benzene rings is 2. The molecular weight excluding hydrogens is 287 g/mol. The van der Waals surface area contributed by atoms with Gasteiger partial charge in [0.15, 0.2) is 0 Å². The highest BCUT2D eigenvalue weighted by atomic mass is 31.1. The van der Waals surface area contributed by atoms with Gasteiger partial charge in [-0.05, 0) is 58.4 Å². The van der Waals surface area contributed by atoms with Crippen LogP contribution in [0.5, 0.6) is 0 Å². The lowest BCUT2D eigenvalue weighted by Gasteiger charge is -2.20. The highest BCUT2D eigenvalue weighted by Crippen LogP contribution is 2.36. The quantitative estimate of drug-likeness (QED) is 0.533. The van der Waals surface area contributed by atoms with Crippen LogP contribution in [-0.4, -0.2) is 6.61 Å². The average molecular weight is 314 g/mol. The first-order valence-electron chi connectivity index (χ1n) is 8.09. The fourth-order valence-electron chi connectivity index (χ4n) is 2.73. The molecule has 118 valence electrons. The maximum absolute atomic E-state index is 6.34. The Bertz CT molecular complexity index is 542. The Labute approximate surface area is 136 Å². The largest absolute Gasteiger partial charge is 0.350 e. The van der Waals surface area contributed by atoms with E-state index in [-0.39, 0.29) is 0 Å². The van der Waals surface area contributed by atoms with E-state index in [1.807, 2.05) is 0 Å². The molecule has 0 aromatic heterocycles. The molecule has 2 rings (SSSR count). The van der Waals surface area contributed by atoms with Crippen molar-refractivity contribution in [2.45, 2.75) is 47.5 Å². The summed E-state index contributed by atoms with van der Waals surface area (Å²) in [6.07, 6.45) is 2.29. The van der Waals surface area contributed by atoms with Gasteiger partial charge in [0, 0.05) is 10.6 Å². The van der Waals surface area contributed by atoms with Gasteiger partial charge in [0.2, 0.25) is 0 Å². The van der Waals surface area contributed by atoms with Crippen LogP contribution in [0.1, 0.15) is 42.0 Å². The molecule has 0 N–H and O–H groups in total. The van der Waals surface area contributed by atoms with Gasteiger partial charge < -0.3 is 4.52 Å². The van der Waals surface area contributed by atoms with E-state index in [4.69, 9.17) is 4.52 Å². The van der Waals surface area contributed by atoms with Crippen molar-refractivity contribution < 1.29 is 4.52 Å². The standard InChI is InChI=1S/C20H27OP/c1-6-7-8-21-22(19-11-15(2)9-16(3)12-19)20-13-17(4)10-18(5)14-20/h9-14H,6-8H2,1-5H3. The summed E-state index contributed by atoms with van der Waals surface area (Å²) < 4.78 is 6.34. The van der Waals surface area contributed by atoms with Gasteiger partial charge in [-0.1, -0.05) is 47.7 Å². The van der Waals surface area contributed by atoms with Crippen molar-refractivity contribution in [2.75, 3.05) is 6.61 Å². The third kappa shape index (κ3) is 4.66. The molecule has 0 aliphatic heterocycles. The number of rotatable bonds is 6. The normalized spacial score (nSPS) is 11.2. The summed E-state index contributed by atoms with van der Waals surface area (Å²) in [7, 11) is -0.727. The molecule has 0 aliphatic rings. The van der Waals surface area contributed by atoms with Crippen LogP contribution in [-0.2, 0) is 4.52 Å². The summed E-state index contributed by atoms with van der Waals surface area (Å²) in [5, 5.41) is 2.65. The molecule has 0 amide bonds. The minimum Gasteiger partial charge on any atom is -0.350 e. The molecule has 0 bridgehead atoms. The van der Waals surface area contributed by atoms with Crippen LogP contribution < -0.4 is 10.6 Å². The molecule has 0 saturated heterocycles. The Morgan fingerprint density at radius 2 is 1.14 bits per heavy atom. The maximum Gasteiger partial charge on any atom is 0.0917 e. The predicted octanol–water partition coefficient (Wildman–Crippen LogP) is 5.08. The van der Waals surface area contributed by atoms with E-state index in [2.05, 4.69) is 71.0 Å². The van der Waals surface area contributed by atoms with E-state index < -0.39 is 8.15 Å². The van der Waals surface area contributed by atoms with Gasteiger partial charge in [-0.25, -0.2) is 0 Å². The van der Waals surface area contributed by atoms with E-state index in [0.29, 0.717) is 0 Å². The van der Waals surface area contributed by atoms with E-state index in [1.165, 1.54) is 39.3 Å². The number of unbranched alkanes of at least 4 members (excludes halogenated alkanes) is 1. The van der Waals surface area contributed by atoms with Gasteiger partial charge >= 0.3 is 0 Å². The summed E-state index contributed by atoms with van der Waals surface area (Å²) in [6, 6.07) is 13.6. The summed E-state index contributed by atoms with van der Waals surface area (Å²) >= 11 is 0. The van der Waals surface area contributed by atoms with Gasteiger partial charge in [0.05, 0.1) is 14.8 Å². The van der Waals surface area contributed by atoms with Crippen LogP contribution in [0.2, 0.25) is 0 Å². The van der Waals surface area contributed by atoms with Gasteiger partial charge in [-0.2, -0.15) is 0 Å². The van der Waals surface area contributed by atoms with Crippen LogP contribution >= 0.6 is 8.15 Å². The van der Waals surface area contributed by atoms with Gasteiger partial charge in [0.1, 0.15) is 0 Å². The van der Waals surface area contributed by atoms with Gasteiger partial charge in [0.25, 0.3) is 0 Å². The summed E-state index contributed by atoms with van der Waals surface area (Å²) in [6.45, 7) is 11.7. The summed E-state index contributed by atoms with van der Waals surface area (Å²) in [4.78, 5) is 0. The van der Waals surface area contributed by atoms with Gasteiger partial charge in [-0.3, -0.25) is 0 Å². The van der Waals surface area contributed by atoms with Crippen molar-refractivity contribution >= 4 is 18.8 Å². The summed E-state index contributed by atoms with van der Waals surface area (Å²) in [5.41, 5.74) is 5.24. The molecule has 0 fully saturated rings. The monoisotopic (exact) mass is 314 g/mol. The lowest BCUT2D eigenvalue weighted by atomic mass is 10.2. The maximum atomic E-state index is 6.34. The molecule has 1 nitrogen and oxygen atoms in total. The minimum atomic E-state index is -0.727. The molecule has 0 atom stereocenters. The van der Waals surface area contributed by atoms with Crippen molar-refractivity contribution in [3.8, 4) is 0 Å². The molecule has 2 heteroatoms. The number of aryl methyl sites for hydroxylation is 4. The molecular formula is C20H27OP. The molecule has 0 spiro atoms. The molecule has 2 aromatic carbocycles. The number of hydrogen-bond donors (Lipinski definition) is 0. The van der Waals surface area contributed by atoms with Gasteiger partial charge in [-0.15, -0.1) is 0 Å². The molecule has 2 aromatic rings. The topological polar surface area (TPSA) is 9.23 Å². The Morgan fingerprint density at radius 1 is 0.727 bits per heavy atom. The van der Waals surface area contributed by atoms with Crippen molar-refractivity contribution in [1.82, 2.24) is 0 Å². The third-order valence-corrected chi connectivity index (χ3v) is 5.50. The number of hydrogen-bond acceptors (Lipinski definition) is 1. The highest BCUT2D eigenvalue weighted by Gasteiger charge is 2.16. The molecule has 22 heavy (non-hydrogen) atoms. The van der Waals surface area contributed by atoms with Crippen molar-refractivity contribution in [3.05, 3.63) is 58.7 Å². The second kappa shape index (κ2) is 7.90. The Morgan fingerprint density at radius 3 is 1.50 bits per heavy atom. The van der Waals surface area contributed by atoms with Crippen molar-refractivity contribution in [1.29, 1.82) is 0 Å². The fraction of sp³-hybridized carbons (Fsp3) is 0.400. The smallest absolute Gasteiger partial charge is 0.0917 e. The Hall–Kier alpha value is -1.17. The minimum absolute atomic E-state index is 0.727. The fourth-order valence-corrected chi connectivity index (χ4v) is 4.93. The zero-order valence-electron chi connectivity index (χ0n) is 14.4. The van der Waals surface area contributed by atoms with Crippen LogP contribution in [0.4, 0.5) is 0 Å².